The quantitative estimate of drug-likeness (QED) is 0.437. The van der Waals surface area contributed by atoms with Crippen LogP contribution in [0.2, 0.25) is 0 Å². The molecule has 7 heteroatoms. The minimum Gasteiger partial charge on any atom is -0.345 e. The van der Waals surface area contributed by atoms with Crippen molar-refractivity contribution in [3.05, 3.63) is 0 Å². The smallest absolute Gasteiger partial charge is 0.243 e. The molecule has 0 fully saturated rings. The molecule has 0 unspecified atom stereocenters. The molecule has 0 aromatic carbocycles. The first-order valence-corrected chi connectivity index (χ1v) is 11.0. The van der Waals surface area contributed by atoms with E-state index in [1.807, 2.05) is 34.0 Å². The van der Waals surface area contributed by atoms with E-state index >= 15 is 0 Å². The van der Waals surface area contributed by atoms with Gasteiger partial charge in [0.2, 0.25) is 11.8 Å². The maximum Gasteiger partial charge on any atom is 0.243 e. The predicted molar refractivity (Wildman–Crippen MR) is 111 cm³/mol. The fraction of sp³-hybridized carbons (Fsp3) is 0.800. The predicted octanol–water partition coefficient (Wildman–Crippen LogP) is 2.60. The van der Waals surface area contributed by atoms with E-state index in [2.05, 4.69) is 10.6 Å². The Hall–Kier alpha value is -1.37. The number of hydrogen-bond acceptors (Lipinski definition) is 5. The van der Waals surface area contributed by atoms with E-state index in [9.17, 15) is 19.2 Å². The minimum atomic E-state index is -0.664. The lowest BCUT2D eigenvalue weighted by molar-refractivity contribution is -0.132. The highest BCUT2D eigenvalue weighted by molar-refractivity contribution is 7.98. The molecule has 27 heavy (non-hydrogen) atoms. The molecule has 0 bridgehead atoms. The molecule has 0 aromatic heterocycles. The molecular weight excluding hydrogens is 364 g/mol. The summed E-state index contributed by atoms with van der Waals surface area (Å²) in [6.07, 6.45) is 4.59. The molecule has 0 aliphatic carbocycles. The fourth-order valence-corrected chi connectivity index (χ4v) is 3.39. The number of thioether (sulfide) groups is 1. The molecule has 0 aliphatic rings. The van der Waals surface area contributed by atoms with Crippen LogP contribution in [0.3, 0.4) is 0 Å². The molecule has 0 aromatic rings. The van der Waals surface area contributed by atoms with Gasteiger partial charge in [0.15, 0.2) is 5.78 Å². The molecule has 0 saturated heterocycles. The average molecular weight is 401 g/mol. The number of hydrogen-bond donors (Lipinski definition) is 2. The van der Waals surface area contributed by atoms with Crippen molar-refractivity contribution in [2.75, 3.05) is 12.0 Å². The third kappa shape index (κ3) is 11.8. The summed E-state index contributed by atoms with van der Waals surface area (Å²) in [6.45, 7) is 9.28. The van der Waals surface area contributed by atoms with Crippen molar-refractivity contribution >= 4 is 35.6 Å². The molecule has 0 heterocycles. The van der Waals surface area contributed by atoms with Crippen LogP contribution < -0.4 is 10.6 Å². The maximum atomic E-state index is 12.7. The Morgan fingerprint density at radius 1 is 0.963 bits per heavy atom. The second kappa shape index (κ2) is 13.7. The lowest BCUT2D eigenvalue weighted by Crippen LogP contribution is -2.52. The number of rotatable bonds is 14. The lowest BCUT2D eigenvalue weighted by Gasteiger charge is -2.25. The summed E-state index contributed by atoms with van der Waals surface area (Å²) >= 11 is 1.64. The zero-order chi connectivity index (χ0) is 21.0. The molecule has 0 rings (SSSR count). The van der Waals surface area contributed by atoms with Gasteiger partial charge in [0, 0.05) is 19.3 Å². The number of ketones is 1. The second-order valence-corrected chi connectivity index (χ2v) is 8.91. The summed E-state index contributed by atoms with van der Waals surface area (Å²) in [4.78, 5) is 48.1. The second-order valence-electron chi connectivity index (χ2n) is 7.92. The SMILES string of the molecule is CSCC[C@@H](C=O)CC(=O)[C@H](CC(C)C)NC(=O)[C@H](CC(C)C)NC(C)=O. The minimum absolute atomic E-state index is 0.124. The van der Waals surface area contributed by atoms with Crippen molar-refractivity contribution in [2.24, 2.45) is 17.8 Å². The summed E-state index contributed by atoms with van der Waals surface area (Å²) in [7, 11) is 0. The lowest BCUT2D eigenvalue weighted by atomic mass is 9.92. The first-order chi connectivity index (χ1) is 12.6. The van der Waals surface area contributed by atoms with Crippen LogP contribution >= 0.6 is 11.8 Å². The molecule has 3 atom stereocenters. The van der Waals surface area contributed by atoms with Crippen molar-refractivity contribution < 1.29 is 19.2 Å². The Morgan fingerprint density at radius 2 is 1.52 bits per heavy atom. The van der Waals surface area contributed by atoms with E-state index in [0.717, 1.165) is 12.0 Å². The van der Waals surface area contributed by atoms with E-state index in [0.29, 0.717) is 19.3 Å². The monoisotopic (exact) mass is 400 g/mol. The van der Waals surface area contributed by atoms with Crippen LogP contribution in [0.5, 0.6) is 0 Å². The third-order valence-electron chi connectivity index (χ3n) is 4.16. The van der Waals surface area contributed by atoms with E-state index in [1.54, 1.807) is 11.8 Å². The van der Waals surface area contributed by atoms with Gasteiger partial charge >= 0.3 is 0 Å². The number of nitrogens with one attached hydrogen (secondary N) is 2. The molecule has 0 spiro atoms. The van der Waals surface area contributed by atoms with Crippen LogP contribution in [0.25, 0.3) is 0 Å². The molecule has 0 aliphatic heterocycles. The first-order valence-electron chi connectivity index (χ1n) is 9.65. The van der Waals surface area contributed by atoms with Gasteiger partial charge in [-0.05, 0) is 43.1 Å². The van der Waals surface area contributed by atoms with Crippen molar-refractivity contribution in [2.45, 2.75) is 72.4 Å². The average Bonchev–Trinajstić information content (AvgIpc) is 2.55. The Bertz CT molecular complexity index is 494. The van der Waals surface area contributed by atoms with E-state index in [4.69, 9.17) is 0 Å². The molecular formula is C20H36N2O4S. The molecule has 156 valence electrons. The van der Waals surface area contributed by atoms with E-state index < -0.39 is 12.1 Å². The van der Waals surface area contributed by atoms with Crippen molar-refractivity contribution in [1.29, 1.82) is 0 Å². The van der Waals surface area contributed by atoms with E-state index in [1.165, 1.54) is 6.92 Å². The molecule has 2 amide bonds. The number of aldehydes is 1. The van der Waals surface area contributed by atoms with E-state index in [-0.39, 0.29) is 41.8 Å². The molecule has 6 nitrogen and oxygen atoms in total. The van der Waals surface area contributed by atoms with Crippen LogP contribution in [0, 0.1) is 17.8 Å². The highest BCUT2D eigenvalue weighted by Crippen LogP contribution is 2.15. The van der Waals surface area contributed by atoms with Crippen LogP contribution in [0.4, 0.5) is 0 Å². The van der Waals surface area contributed by atoms with Crippen molar-refractivity contribution in [1.82, 2.24) is 10.6 Å². The van der Waals surface area contributed by atoms with Gasteiger partial charge in [-0.3, -0.25) is 14.4 Å². The third-order valence-corrected chi connectivity index (χ3v) is 4.81. The Morgan fingerprint density at radius 3 is 1.96 bits per heavy atom. The Balaban J connectivity index is 5.14. The Kier molecular flexibility index (Phi) is 13.0. The highest BCUT2D eigenvalue weighted by Gasteiger charge is 2.28. The van der Waals surface area contributed by atoms with Gasteiger partial charge in [-0.2, -0.15) is 11.8 Å². The first kappa shape index (κ1) is 25.6. The van der Waals surface area contributed by atoms with Crippen molar-refractivity contribution in [3.63, 3.8) is 0 Å². The van der Waals surface area contributed by atoms with Gasteiger partial charge in [0.1, 0.15) is 12.3 Å². The zero-order valence-corrected chi connectivity index (χ0v) is 18.4. The zero-order valence-electron chi connectivity index (χ0n) is 17.5. The summed E-state index contributed by atoms with van der Waals surface area (Å²) in [5, 5.41) is 5.49. The molecule has 2 N–H and O–H groups in total. The molecule has 0 radical (unpaired) electrons. The summed E-state index contributed by atoms with van der Waals surface area (Å²) < 4.78 is 0. The van der Waals surface area contributed by atoms with Gasteiger partial charge in [-0.1, -0.05) is 27.7 Å². The summed E-state index contributed by atoms with van der Waals surface area (Å²) in [5.41, 5.74) is 0. The summed E-state index contributed by atoms with van der Waals surface area (Å²) in [6, 6.07) is -1.30. The normalized spacial score (nSPS) is 14.5. The number of amides is 2. The standard InChI is InChI=1S/C20H36N2O4S/c1-13(2)9-17(19(25)11-16(12-23)7-8-27-6)22-20(26)18(10-14(3)4)21-15(5)24/h12-14,16-18H,7-11H2,1-6H3,(H,21,24)(H,22,26)/t16-,17+,18+/m1/s1. The highest BCUT2D eigenvalue weighted by atomic mass is 32.2. The van der Waals surface area contributed by atoms with Gasteiger partial charge < -0.3 is 15.4 Å². The maximum absolute atomic E-state index is 12.7. The van der Waals surface area contributed by atoms with Crippen LogP contribution in [-0.4, -0.2) is 48.0 Å². The number of Topliss-reactive ketones (excluding diaryl/α,β-unsaturated/α-hetero) is 1. The van der Waals surface area contributed by atoms with Gasteiger partial charge in [0.25, 0.3) is 0 Å². The van der Waals surface area contributed by atoms with Crippen LogP contribution in [0.15, 0.2) is 0 Å². The van der Waals surface area contributed by atoms with Gasteiger partial charge in [0.05, 0.1) is 6.04 Å². The van der Waals surface area contributed by atoms with Crippen molar-refractivity contribution in [3.8, 4) is 0 Å². The van der Waals surface area contributed by atoms with Crippen LogP contribution in [0.1, 0.15) is 60.3 Å². The summed E-state index contributed by atoms with van der Waals surface area (Å²) in [5.74, 6) is 0.184. The largest absolute Gasteiger partial charge is 0.345 e. The van der Waals surface area contributed by atoms with Crippen LogP contribution in [-0.2, 0) is 19.2 Å². The topological polar surface area (TPSA) is 92.3 Å². The number of carbonyl (C=O) groups excluding carboxylic acids is 4. The van der Waals surface area contributed by atoms with Gasteiger partial charge in [-0.15, -0.1) is 0 Å². The molecule has 0 saturated carbocycles. The Labute approximate surface area is 168 Å². The van der Waals surface area contributed by atoms with Gasteiger partial charge in [-0.25, -0.2) is 0 Å². The fourth-order valence-electron chi connectivity index (χ4n) is 2.85. The number of carbonyl (C=O) groups is 4.